The lowest BCUT2D eigenvalue weighted by Gasteiger charge is -2.30. The van der Waals surface area contributed by atoms with E-state index in [-0.39, 0.29) is 0 Å². The Bertz CT molecular complexity index is 387. The van der Waals surface area contributed by atoms with Crippen LogP contribution in [-0.2, 0) is 6.42 Å². The molecule has 0 saturated carbocycles. The lowest BCUT2D eigenvalue weighted by Crippen LogP contribution is -2.24. The Morgan fingerprint density at radius 3 is 2.26 bits per heavy atom. The Balaban J connectivity index is 2.75. The summed E-state index contributed by atoms with van der Waals surface area (Å²) in [5.41, 5.74) is 6.05. The molecule has 1 aromatic rings. The van der Waals surface area contributed by atoms with Gasteiger partial charge in [0.2, 0.25) is 0 Å². The summed E-state index contributed by atoms with van der Waals surface area (Å²) in [5.74, 6) is 2.75. The van der Waals surface area contributed by atoms with Crippen molar-refractivity contribution in [3.05, 3.63) is 11.6 Å². The summed E-state index contributed by atoms with van der Waals surface area (Å²) < 4.78 is 2.24. The maximum Gasteiger partial charge on any atom is 0.133 e. The lowest BCUT2D eigenvalue weighted by atomic mass is 9.76. The number of rotatable bonds is 6. The Kier molecular flexibility index (Phi) is 5.53. The van der Waals surface area contributed by atoms with Gasteiger partial charge >= 0.3 is 0 Å². The standard InChI is InChI=1S/C15H30N4/c1-11(2)19-12(3)17-18-14(19)8-7-13(9-10-16)15(4,5)6/h11,13H,7-10,16H2,1-6H3. The third-order valence-electron chi connectivity index (χ3n) is 3.91. The molecule has 1 unspecified atom stereocenters. The van der Waals surface area contributed by atoms with E-state index in [4.69, 9.17) is 5.73 Å². The molecule has 0 radical (unpaired) electrons. The van der Waals surface area contributed by atoms with Crippen molar-refractivity contribution in [2.45, 2.75) is 66.8 Å². The van der Waals surface area contributed by atoms with Crippen LogP contribution in [0.5, 0.6) is 0 Å². The van der Waals surface area contributed by atoms with E-state index >= 15 is 0 Å². The Morgan fingerprint density at radius 2 is 1.79 bits per heavy atom. The Labute approximate surface area is 117 Å². The number of aryl methyl sites for hydroxylation is 2. The van der Waals surface area contributed by atoms with Crippen molar-refractivity contribution in [1.29, 1.82) is 0 Å². The van der Waals surface area contributed by atoms with E-state index in [1.165, 1.54) is 0 Å². The van der Waals surface area contributed by atoms with Crippen molar-refractivity contribution in [1.82, 2.24) is 14.8 Å². The van der Waals surface area contributed by atoms with Crippen molar-refractivity contribution < 1.29 is 0 Å². The fourth-order valence-corrected chi connectivity index (χ4v) is 2.77. The van der Waals surface area contributed by atoms with Crippen LogP contribution >= 0.6 is 0 Å². The molecule has 0 fully saturated rings. The van der Waals surface area contributed by atoms with Gasteiger partial charge in [-0.15, -0.1) is 10.2 Å². The molecule has 0 bridgehead atoms. The smallest absolute Gasteiger partial charge is 0.133 e. The topological polar surface area (TPSA) is 56.7 Å². The first-order valence-electron chi connectivity index (χ1n) is 7.37. The van der Waals surface area contributed by atoms with Gasteiger partial charge in [-0.1, -0.05) is 20.8 Å². The highest BCUT2D eigenvalue weighted by atomic mass is 15.3. The van der Waals surface area contributed by atoms with Crippen LogP contribution in [0.2, 0.25) is 0 Å². The van der Waals surface area contributed by atoms with Crippen LogP contribution in [0.1, 0.15) is 65.2 Å². The van der Waals surface area contributed by atoms with Crippen molar-refractivity contribution in [2.24, 2.45) is 17.1 Å². The van der Waals surface area contributed by atoms with Crippen LogP contribution in [-0.4, -0.2) is 21.3 Å². The highest BCUT2D eigenvalue weighted by Crippen LogP contribution is 2.32. The lowest BCUT2D eigenvalue weighted by molar-refractivity contribution is 0.213. The van der Waals surface area contributed by atoms with Crippen molar-refractivity contribution >= 4 is 0 Å². The molecule has 0 aliphatic heterocycles. The van der Waals surface area contributed by atoms with Gasteiger partial charge in [-0.3, -0.25) is 0 Å². The highest BCUT2D eigenvalue weighted by Gasteiger charge is 2.24. The molecule has 0 spiro atoms. The molecule has 110 valence electrons. The summed E-state index contributed by atoms with van der Waals surface area (Å²) >= 11 is 0. The Hall–Kier alpha value is -0.900. The zero-order valence-electron chi connectivity index (χ0n) is 13.4. The van der Waals surface area contributed by atoms with E-state index in [9.17, 15) is 0 Å². The zero-order chi connectivity index (χ0) is 14.6. The van der Waals surface area contributed by atoms with Gasteiger partial charge < -0.3 is 10.3 Å². The first kappa shape index (κ1) is 16.2. The molecule has 1 rings (SSSR count). The van der Waals surface area contributed by atoms with Crippen molar-refractivity contribution in [3.63, 3.8) is 0 Å². The fourth-order valence-electron chi connectivity index (χ4n) is 2.77. The molecule has 0 aliphatic rings. The molecule has 2 N–H and O–H groups in total. The molecule has 0 aromatic carbocycles. The molecular formula is C15H30N4. The van der Waals surface area contributed by atoms with Crippen molar-refractivity contribution in [2.75, 3.05) is 6.54 Å². The predicted octanol–water partition coefficient (Wildman–Crippen LogP) is 3.11. The number of hydrogen-bond acceptors (Lipinski definition) is 3. The fraction of sp³-hybridized carbons (Fsp3) is 0.867. The number of nitrogens with zero attached hydrogens (tertiary/aromatic N) is 3. The van der Waals surface area contributed by atoms with Gasteiger partial charge in [-0.05, 0) is 51.5 Å². The molecule has 0 amide bonds. The number of aromatic nitrogens is 3. The second kappa shape index (κ2) is 6.51. The average Bonchev–Trinajstić information content (AvgIpc) is 2.64. The van der Waals surface area contributed by atoms with Crippen LogP contribution in [0, 0.1) is 18.3 Å². The average molecular weight is 266 g/mol. The van der Waals surface area contributed by atoms with Gasteiger partial charge in [0.25, 0.3) is 0 Å². The van der Waals surface area contributed by atoms with Crippen molar-refractivity contribution in [3.8, 4) is 0 Å². The Morgan fingerprint density at radius 1 is 1.16 bits per heavy atom. The summed E-state index contributed by atoms with van der Waals surface area (Å²) in [6.07, 6.45) is 3.20. The quantitative estimate of drug-likeness (QED) is 0.860. The molecular weight excluding hydrogens is 236 g/mol. The normalized spacial score (nSPS) is 14.1. The molecule has 1 heterocycles. The van der Waals surface area contributed by atoms with Crippen LogP contribution in [0.4, 0.5) is 0 Å². The minimum absolute atomic E-state index is 0.303. The molecule has 19 heavy (non-hydrogen) atoms. The van der Waals surface area contributed by atoms with Gasteiger partial charge in [0.1, 0.15) is 11.6 Å². The first-order valence-corrected chi connectivity index (χ1v) is 7.37. The van der Waals surface area contributed by atoms with Gasteiger partial charge in [0.05, 0.1) is 0 Å². The van der Waals surface area contributed by atoms with E-state index in [0.717, 1.165) is 37.5 Å². The minimum Gasteiger partial charge on any atom is -0.330 e. The highest BCUT2D eigenvalue weighted by molar-refractivity contribution is 4.97. The van der Waals surface area contributed by atoms with Crippen LogP contribution in [0.3, 0.4) is 0 Å². The maximum absolute atomic E-state index is 5.74. The van der Waals surface area contributed by atoms with Crippen LogP contribution in [0.15, 0.2) is 0 Å². The third-order valence-corrected chi connectivity index (χ3v) is 3.91. The largest absolute Gasteiger partial charge is 0.330 e. The molecule has 0 aliphatic carbocycles. The molecule has 1 atom stereocenters. The maximum atomic E-state index is 5.74. The predicted molar refractivity (Wildman–Crippen MR) is 80.1 cm³/mol. The van der Waals surface area contributed by atoms with E-state index < -0.39 is 0 Å². The van der Waals surface area contributed by atoms with Gasteiger partial charge in [0.15, 0.2) is 0 Å². The SMILES string of the molecule is Cc1nnc(CCC(CCN)C(C)(C)C)n1C(C)C. The molecule has 4 nitrogen and oxygen atoms in total. The zero-order valence-corrected chi connectivity index (χ0v) is 13.4. The van der Waals surface area contributed by atoms with Crippen LogP contribution < -0.4 is 5.73 Å². The summed E-state index contributed by atoms with van der Waals surface area (Å²) in [6, 6.07) is 0.424. The molecule has 4 heteroatoms. The van der Waals surface area contributed by atoms with Gasteiger partial charge in [0, 0.05) is 12.5 Å². The van der Waals surface area contributed by atoms with Crippen LogP contribution in [0.25, 0.3) is 0 Å². The number of hydrogen-bond donors (Lipinski definition) is 1. The summed E-state index contributed by atoms with van der Waals surface area (Å²) in [5, 5.41) is 8.55. The second-order valence-corrected chi connectivity index (χ2v) is 6.81. The second-order valence-electron chi connectivity index (χ2n) is 6.81. The molecule has 1 aromatic heterocycles. The minimum atomic E-state index is 0.303. The van der Waals surface area contributed by atoms with Gasteiger partial charge in [-0.25, -0.2) is 0 Å². The number of nitrogens with two attached hydrogens (primary N) is 1. The summed E-state index contributed by atoms with van der Waals surface area (Å²) in [7, 11) is 0. The van der Waals surface area contributed by atoms with E-state index in [2.05, 4.69) is 49.4 Å². The van der Waals surface area contributed by atoms with E-state index in [0.29, 0.717) is 17.4 Å². The van der Waals surface area contributed by atoms with E-state index in [1.54, 1.807) is 0 Å². The summed E-state index contributed by atoms with van der Waals surface area (Å²) in [4.78, 5) is 0. The molecule has 0 saturated heterocycles. The third kappa shape index (κ3) is 4.30. The van der Waals surface area contributed by atoms with E-state index in [1.807, 2.05) is 6.92 Å². The summed E-state index contributed by atoms with van der Waals surface area (Å²) in [6.45, 7) is 14.0. The first-order chi connectivity index (χ1) is 8.77. The monoisotopic (exact) mass is 266 g/mol. The van der Waals surface area contributed by atoms with Gasteiger partial charge in [-0.2, -0.15) is 0 Å².